The van der Waals surface area contributed by atoms with Gasteiger partial charge in [0.15, 0.2) is 0 Å². The zero-order valence-electron chi connectivity index (χ0n) is 6.79. The maximum absolute atomic E-state index is 3.18. The van der Waals surface area contributed by atoms with E-state index in [1.165, 1.54) is 32.2 Å². The molecule has 11 heavy (non-hydrogen) atoms. The van der Waals surface area contributed by atoms with Crippen molar-refractivity contribution in [1.29, 1.82) is 0 Å². The molecule has 0 amide bonds. The second-order valence-corrected chi connectivity index (χ2v) is 3.29. The molecule has 0 aromatic rings. The minimum atomic E-state index is 0. The van der Waals surface area contributed by atoms with Gasteiger partial charge in [0.25, 0.3) is 0 Å². The van der Waals surface area contributed by atoms with Crippen LogP contribution in [0, 0.1) is 5.92 Å². The van der Waals surface area contributed by atoms with Crippen LogP contribution < -0.4 is 0 Å². The Balaban J connectivity index is 0.000001000. The first-order valence-electron chi connectivity index (χ1n) is 3.69. The summed E-state index contributed by atoms with van der Waals surface area (Å²) in [5.74, 6) is 0.789. The summed E-state index contributed by atoms with van der Waals surface area (Å²) in [5, 5.41) is 0. The molecule has 1 aliphatic heterocycles. The van der Waals surface area contributed by atoms with Crippen LogP contribution in [0.2, 0.25) is 0 Å². The van der Waals surface area contributed by atoms with Gasteiger partial charge < -0.3 is 0 Å². The molecule has 0 aromatic heterocycles. The van der Waals surface area contributed by atoms with Crippen molar-refractivity contribution in [2.24, 2.45) is 5.92 Å². The molecule has 59 valence electrons. The molecule has 1 unspecified atom stereocenters. The maximum Gasteiger partial charge on any atom is 0 e. The third-order valence-electron chi connectivity index (χ3n) is 1.75. The molecule has 1 radical (unpaired) electrons. The van der Waals surface area contributed by atoms with Crippen LogP contribution in [0.1, 0.15) is 19.8 Å². The normalized spacial score (nSPS) is 21.5. The van der Waals surface area contributed by atoms with Crippen molar-refractivity contribution >= 4 is 4.52 Å². The quantitative estimate of drug-likeness (QED) is 0.654. The second kappa shape index (κ2) is 6.69. The van der Waals surface area contributed by atoms with Crippen molar-refractivity contribution in [1.82, 2.24) is 4.90 Å². The van der Waals surface area contributed by atoms with Crippen LogP contribution in [0.3, 0.4) is 0 Å². The summed E-state index contributed by atoms with van der Waals surface area (Å²) in [6.45, 7) is 3.40. The van der Waals surface area contributed by atoms with E-state index in [-0.39, 0.29) is 32.7 Å². The Morgan fingerprint density at radius 1 is 1.73 bits per heavy atom. The number of rotatable bonds is 3. The van der Waals surface area contributed by atoms with Crippen LogP contribution in [0.25, 0.3) is 0 Å². The molecule has 3 heteroatoms. The van der Waals surface area contributed by atoms with Gasteiger partial charge in [-0.25, -0.2) is 0 Å². The van der Waals surface area contributed by atoms with E-state index in [2.05, 4.69) is 28.6 Å². The molecule has 0 fully saturated rings. The zero-order chi connectivity index (χ0) is 7.40. The molecule has 0 aliphatic carbocycles. The largest absolute Gasteiger partial charge is 0 e. The summed E-state index contributed by atoms with van der Waals surface area (Å²) in [5.41, 5.74) is 0. The van der Waals surface area contributed by atoms with E-state index >= 15 is 0 Å². The van der Waals surface area contributed by atoms with Gasteiger partial charge in [-0.2, -0.15) is 0 Å². The molecule has 1 atom stereocenters. The topological polar surface area (TPSA) is 3.24 Å². The van der Waals surface area contributed by atoms with Gasteiger partial charge in [0, 0.05) is 32.7 Å². The summed E-state index contributed by atoms with van der Waals surface area (Å²) in [4.78, 5) is 2.16. The Bertz CT molecular complexity index is 147. The van der Waals surface area contributed by atoms with Crippen molar-refractivity contribution in [3.8, 4) is 0 Å². The van der Waals surface area contributed by atoms with Crippen molar-refractivity contribution < 1.29 is 52.1 Å². The Morgan fingerprint density at radius 2 is 2.45 bits per heavy atom. The molecule has 1 rings (SSSR count). The first-order valence-corrected chi connectivity index (χ1v) is 5.16. The minimum Gasteiger partial charge on any atom is 0 e. The average Bonchev–Trinajstić information content (AvgIpc) is 2.37. The maximum atomic E-state index is 3.18. The van der Waals surface area contributed by atoms with Gasteiger partial charge in [0.1, 0.15) is 0 Å². The van der Waals surface area contributed by atoms with Crippen molar-refractivity contribution in [3.63, 3.8) is 0 Å². The van der Waals surface area contributed by atoms with Crippen molar-refractivity contribution in [2.45, 2.75) is 19.8 Å². The standard InChI is InChI=1S/C8H12N.W.Y/c1-3-4-8-5-6-9(2)7-8;;/h5-6,8H,3-4,7H2,1H3;;/q-1;;. The van der Waals surface area contributed by atoms with Crippen LogP contribution in [-0.2, 0) is 52.1 Å². The van der Waals surface area contributed by atoms with Crippen LogP contribution in [0.15, 0.2) is 12.3 Å². The van der Waals surface area contributed by atoms with Gasteiger partial charge in [0.2, 0.25) is 0 Å². The predicted molar refractivity (Wildman–Crippen MR) is 39.3 cm³/mol. The van der Waals surface area contributed by atoms with E-state index < -0.39 is 0 Å². The van der Waals surface area contributed by atoms with E-state index in [1.54, 1.807) is 0 Å². The number of hydrogen-bond donors (Lipinski definition) is 0. The summed E-state index contributed by atoms with van der Waals surface area (Å²) in [7, 11) is 0. The van der Waals surface area contributed by atoms with Crippen LogP contribution in [-0.4, -0.2) is 16.0 Å². The Kier molecular flexibility index (Phi) is 7.42. The van der Waals surface area contributed by atoms with Gasteiger partial charge in [-0.05, 0) is 0 Å². The molecule has 1 aliphatic rings. The summed E-state index contributed by atoms with van der Waals surface area (Å²) in [6, 6.07) is 0. The molecule has 0 spiro atoms. The fraction of sp³-hybridized carbons (Fsp3) is 0.625. The zero-order valence-corrected chi connectivity index (χ0v) is 12.6. The van der Waals surface area contributed by atoms with Crippen LogP contribution >= 0.6 is 0 Å². The predicted octanol–water partition coefficient (Wildman–Crippen LogP) is 1.41. The smallest absolute Gasteiger partial charge is 0 e. The molecule has 0 saturated heterocycles. The molecule has 0 aromatic carbocycles. The average molecular weight is 395 g/mol. The Labute approximate surface area is 105 Å². The minimum absolute atomic E-state index is 0. The Morgan fingerprint density at radius 3 is 2.91 bits per heavy atom. The Hall–Kier alpha value is 1.20. The van der Waals surface area contributed by atoms with E-state index in [0.717, 1.165) is 12.5 Å². The molecule has 0 N–H and O–H groups in total. The van der Waals surface area contributed by atoms with Crippen molar-refractivity contribution in [2.75, 3.05) is 6.54 Å². The van der Waals surface area contributed by atoms with E-state index in [4.69, 9.17) is 0 Å². The number of hydrogen-bond acceptors (Lipinski definition) is 1. The third kappa shape index (κ3) is 4.10. The van der Waals surface area contributed by atoms with E-state index in [9.17, 15) is 0 Å². The fourth-order valence-electron chi connectivity index (χ4n) is 1.23. The van der Waals surface area contributed by atoms with Crippen LogP contribution in [0.5, 0.6) is 0 Å². The monoisotopic (exact) mass is 395 g/mol. The SMILES string of the molecule is CCCC1C=CN([C-]=[W])C1.[Y]. The van der Waals surface area contributed by atoms with E-state index in [1.807, 2.05) is 0 Å². The van der Waals surface area contributed by atoms with Gasteiger partial charge in [0.05, 0.1) is 0 Å². The molecule has 1 nitrogen and oxygen atoms in total. The van der Waals surface area contributed by atoms with Crippen LogP contribution in [0.4, 0.5) is 0 Å². The fourth-order valence-corrected chi connectivity index (χ4v) is 1.71. The van der Waals surface area contributed by atoms with Gasteiger partial charge in [-0.15, -0.1) is 0 Å². The van der Waals surface area contributed by atoms with Gasteiger partial charge in [-0.3, -0.25) is 0 Å². The third-order valence-corrected chi connectivity index (χ3v) is 2.59. The molecule has 0 saturated carbocycles. The second-order valence-electron chi connectivity index (χ2n) is 2.63. The van der Waals surface area contributed by atoms with Gasteiger partial charge >= 0.3 is 73.3 Å². The summed E-state index contributed by atoms with van der Waals surface area (Å²) >= 11 is 1.41. The molecular formula is C8H12NWY-. The summed E-state index contributed by atoms with van der Waals surface area (Å²) in [6.07, 6.45) is 7.05. The molecule has 0 bridgehead atoms. The van der Waals surface area contributed by atoms with Crippen molar-refractivity contribution in [3.05, 3.63) is 12.3 Å². The first-order chi connectivity index (χ1) is 4.86. The van der Waals surface area contributed by atoms with Gasteiger partial charge in [-0.1, -0.05) is 0 Å². The molecular weight excluding hydrogens is 383 g/mol. The summed E-state index contributed by atoms with van der Waals surface area (Å²) < 4.78 is 3.18. The first kappa shape index (κ1) is 12.2. The molecule has 1 heterocycles. The number of nitrogens with zero attached hydrogens (tertiary/aromatic N) is 1. The van der Waals surface area contributed by atoms with E-state index in [0.29, 0.717) is 0 Å².